The van der Waals surface area contributed by atoms with Crippen molar-refractivity contribution in [1.29, 1.82) is 0 Å². The summed E-state index contributed by atoms with van der Waals surface area (Å²) in [4.78, 5) is 3.20. The Morgan fingerprint density at radius 3 is 3.00 bits per heavy atom. The highest BCUT2D eigenvalue weighted by Gasteiger charge is 2.42. The summed E-state index contributed by atoms with van der Waals surface area (Å²) in [5.41, 5.74) is 1.36. The van der Waals surface area contributed by atoms with Crippen molar-refractivity contribution in [2.24, 2.45) is 0 Å². The Balaban J connectivity index is 1.38. The fourth-order valence-electron chi connectivity index (χ4n) is 3.71. The van der Waals surface area contributed by atoms with Crippen LogP contribution in [0.1, 0.15) is 38.5 Å². The monoisotopic (exact) mass is 271 g/mol. The summed E-state index contributed by atoms with van der Waals surface area (Å²) in [6, 6.07) is 8.26. The molecule has 1 aliphatic carbocycles. The maximum absolute atomic E-state index is 6.27. The zero-order valence-corrected chi connectivity index (χ0v) is 11.7. The lowest BCUT2D eigenvalue weighted by atomic mass is 9.98. The fraction of sp³-hybridized carbons (Fsp3) is 0.529. The summed E-state index contributed by atoms with van der Waals surface area (Å²) in [7, 11) is 0. The van der Waals surface area contributed by atoms with Crippen molar-refractivity contribution in [2.45, 2.75) is 50.2 Å². The zero-order chi connectivity index (χ0) is 13.4. The standard InChI is InChI=1S/C17H21NO2/c1-2-8-17(7-1)9-5-15(20-17)12-19-14-3-4-16-13(11-14)6-10-18-16/h3-4,6,10-11,15,18H,1-2,5,7-9,12H2. The normalized spacial score (nSPS) is 24.7. The molecule has 20 heavy (non-hydrogen) atoms. The molecule has 0 radical (unpaired) electrons. The van der Waals surface area contributed by atoms with Gasteiger partial charge < -0.3 is 14.5 Å². The second-order valence-electron chi connectivity index (χ2n) is 6.21. The lowest BCUT2D eigenvalue weighted by molar-refractivity contribution is -0.0508. The third-order valence-corrected chi connectivity index (χ3v) is 4.81. The minimum absolute atomic E-state index is 0.207. The summed E-state index contributed by atoms with van der Waals surface area (Å²) in [5, 5.41) is 1.20. The topological polar surface area (TPSA) is 34.2 Å². The molecule has 1 saturated heterocycles. The average molecular weight is 271 g/mol. The van der Waals surface area contributed by atoms with Gasteiger partial charge in [-0.25, -0.2) is 0 Å². The summed E-state index contributed by atoms with van der Waals surface area (Å²) in [6.45, 7) is 0.678. The van der Waals surface area contributed by atoms with Gasteiger partial charge in [0.2, 0.25) is 0 Å². The first-order valence-corrected chi connectivity index (χ1v) is 7.71. The molecule has 2 aliphatic rings. The molecular weight excluding hydrogens is 250 g/mol. The van der Waals surface area contributed by atoms with Crippen molar-refractivity contribution >= 4 is 10.9 Å². The smallest absolute Gasteiger partial charge is 0.120 e. The van der Waals surface area contributed by atoms with Crippen molar-refractivity contribution in [2.75, 3.05) is 6.61 Å². The van der Waals surface area contributed by atoms with Crippen LogP contribution in [0.25, 0.3) is 10.9 Å². The molecule has 1 N–H and O–H groups in total. The molecular formula is C17H21NO2. The largest absolute Gasteiger partial charge is 0.491 e. The van der Waals surface area contributed by atoms with Crippen LogP contribution in [0.3, 0.4) is 0 Å². The lowest BCUT2D eigenvalue weighted by Gasteiger charge is -2.23. The van der Waals surface area contributed by atoms with Gasteiger partial charge in [-0.1, -0.05) is 12.8 Å². The van der Waals surface area contributed by atoms with E-state index in [1.54, 1.807) is 0 Å². The van der Waals surface area contributed by atoms with Gasteiger partial charge in [-0.2, -0.15) is 0 Å². The van der Waals surface area contributed by atoms with E-state index in [4.69, 9.17) is 9.47 Å². The van der Waals surface area contributed by atoms with Crippen LogP contribution in [0, 0.1) is 0 Å². The van der Waals surface area contributed by atoms with Crippen LogP contribution in [0.5, 0.6) is 5.75 Å². The molecule has 1 spiro atoms. The van der Waals surface area contributed by atoms with Gasteiger partial charge in [0, 0.05) is 17.1 Å². The molecule has 106 valence electrons. The molecule has 1 atom stereocenters. The number of aromatic nitrogens is 1. The maximum atomic E-state index is 6.27. The van der Waals surface area contributed by atoms with Crippen LogP contribution in [0.2, 0.25) is 0 Å². The van der Waals surface area contributed by atoms with Gasteiger partial charge in [0.05, 0.1) is 11.7 Å². The van der Waals surface area contributed by atoms with Gasteiger partial charge >= 0.3 is 0 Å². The van der Waals surface area contributed by atoms with Crippen molar-refractivity contribution in [3.05, 3.63) is 30.5 Å². The van der Waals surface area contributed by atoms with Gasteiger partial charge in [0.15, 0.2) is 0 Å². The summed E-state index contributed by atoms with van der Waals surface area (Å²) in [6.07, 6.45) is 9.76. The Morgan fingerprint density at radius 1 is 1.20 bits per heavy atom. The minimum Gasteiger partial charge on any atom is -0.491 e. The number of benzene rings is 1. The van der Waals surface area contributed by atoms with E-state index in [1.165, 1.54) is 37.5 Å². The highest BCUT2D eigenvalue weighted by atomic mass is 16.6. The van der Waals surface area contributed by atoms with E-state index in [0.717, 1.165) is 17.7 Å². The number of hydrogen-bond donors (Lipinski definition) is 1. The Labute approximate surface area is 119 Å². The van der Waals surface area contributed by atoms with Crippen molar-refractivity contribution in [3.8, 4) is 5.75 Å². The second kappa shape index (κ2) is 4.81. The number of hydrogen-bond acceptors (Lipinski definition) is 2. The molecule has 0 amide bonds. The van der Waals surface area contributed by atoms with E-state index in [9.17, 15) is 0 Å². The van der Waals surface area contributed by atoms with Crippen LogP contribution in [-0.4, -0.2) is 23.3 Å². The van der Waals surface area contributed by atoms with Crippen LogP contribution < -0.4 is 4.74 Å². The number of H-pyrrole nitrogens is 1. The first-order chi connectivity index (χ1) is 9.83. The molecule has 1 aliphatic heterocycles. The fourth-order valence-corrected chi connectivity index (χ4v) is 3.71. The summed E-state index contributed by atoms with van der Waals surface area (Å²) < 4.78 is 12.2. The third-order valence-electron chi connectivity index (χ3n) is 4.81. The first kappa shape index (κ1) is 12.3. The van der Waals surface area contributed by atoms with Gasteiger partial charge in [-0.3, -0.25) is 0 Å². The Kier molecular flexibility index (Phi) is 2.95. The van der Waals surface area contributed by atoms with E-state index in [0.29, 0.717) is 6.61 Å². The molecule has 4 rings (SSSR count). The molecule has 1 aromatic carbocycles. The van der Waals surface area contributed by atoms with E-state index in [1.807, 2.05) is 12.3 Å². The molecule has 2 heterocycles. The number of aromatic amines is 1. The molecule has 3 heteroatoms. The van der Waals surface area contributed by atoms with E-state index >= 15 is 0 Å². The molecule has 1 aromatic heterocycles. The van der Waals surface area contributed by atoms with Crippen LogP contribution in [-0.2, 0) is 4.74 Å². The number of rotatable bonds is 3. The van der Waals surface area contributed by atoms with Gasteiger partial charge in [-0.05, 0) is 49.9 Å². The molecule has 3 nitrogen and oxygen atoms in total. The highest BCUT2D eigenvalue weighted by molar-refractivity contribution is 5.80. The van der Waals surface area contributed by atoms with E-state index in [-0.39, 0.29) is 11.7 Å². The van der Waals surface area contributed by atoms with Gasteiger partial charge in [-0.15, -0.1) is 0 Å². The predicted molar refractivity (Wildman–Crippen MR) is 79.1 cm³/mol. The predicted octanol–water partition coefficient (Wildman–Crippen LogP) is 4.04. The number of nitrogens with one attached hydrogen (secondary N) is 1. The van der Waals surface area contributed by atoms with E-state index in [2.05, 4.69) is 23.2 Å². The minimum atomic E-state index is 0.207. The third kappa shape index (κ3) is 2.20. The molecule has 1 saturated carbocycles. The highest BCUT2D eigenvalue weighted by Crippen LogP contribution is 2.43. The Morgan fingerprint density at radius 2 is 2.10 bits per heavy atom. The van der Waals surface area contributed by atoms with Crippen LogP contribution in [0.15, 0.2) is 30.5 Å². The zero-order valence-electron chi connectivity index (χ0n) is 11.7. The van der Waals surface area contributed by atoms with Gasteiger partial charge in [0.25, 0.3) is 0 Å². The molecule has 2 aromatic rings. The van der Waals surface area contributed by atoms with Crippen LogP contribution in [0.4, 0.5) is 0 Å². The summed E-state index contributed by atoms with van der Waals surface area (Å²) >= 11 is 0. The van der Waals surface area contributed by atoms with Crippen molar-refractivity contribution in [1.82, 2.24) is 4.98 Å². The molecule has 0 bridgehead atoms. The first-order valence-electron chi connectivity index (χ1n) is 7.71. The van der Waals surface area contributed by atoms with E-state index < -0.39 is 0 Å². The Bertz CT molecular complexity index is 598. The van der Waals surface area contributed by atoms with Crippen molar-refractivity contribution in [3.63, 3.8) is 0 Å². The molecule has 2 fully saturated rings. The van der Waals surface area contributed by atoms with Crippen molar-refractivity contribution < 1.29 is 9.47 Å². The maximum Gasteiger partial charge on any atom is 0.120 e. The number of fused-ring (bicyclic) bond motifs is 1. The van der Waals surface area contributed by atoms with Crippen LogP contribution >= 0.6 is 0 Å². The lowest BCUT2D eigenvalue weighted by Crippen LogP contribution is -2.27. The van der Waals surface area contributed by atoms with Gasteiger partial charge in [0.1, 0.15) is 12.4 Å². The molecule has 1 unspecified atom stereocenters. The average Bonchev–Trinajstić information content (AvgIpc) is 3.19. The quantitative estimate of drug-likeness (QED) is 0.914. The second-order valence-corrected chi connectivity index (χ2v) is 6.21. The SMILES string of the molecule is c1cc2cc(OCC3CCC4(CCCC4)O3)ccc2[nH]1. The summed E-state index contributed by atoms with van der Waals surface area (Å²) in [5.74, 6) is 0.938. The number of ether oxygens (including phenoxy) is 2. The Hall–Kier alpha value is -1.48.